The Morgan fingerprint density at radius 1 is 1.60 bits per heavy atom. The average Bonchev–Trinajstić information content (AvgIpc) is 2.50. The number of thiocarbonyl (C=S) groups is 1. The maximum absolute atomic E-state index is 5.32. The molecular weight excluding hydrogens is 206 g/mol. The van der Waals surface area contributed by atoms with Gasteiger partial charge in [0, 0.05) is 26.2 Å². The van der Waals surface area contributed by atoms with Crippen molar-refractivity contribution in [2.75, 3.05) is 33.7 Å². The van der Waals surface area contributed by atoms with E-state index >= 15 is 0 Å². The van der Waals surface area contributed by atoms with Crippen molar-refractivity contribution in [2.24, 2.45) is 5.92 Å². The van der Waals surface area contributed by atoms with Crippen LogP contribution in [-0.4, -0.2) is 54.7 Å². The van der Waals surface area contributed by atoms with Crippen LogP contribution in [0.5, 0.6) is 0 Å². The molecule has 1 fully saturated rings. The molecule has 0 amide bonds. The average molecular weight is 229 g/mol. The molecule has 1 heterocycles. The fourth-order valence-corrected chi connectivity index (χ4v) is 2.31. The van der Waals surface area contributed by atoms with Crippen LogP contribution in [0.25, 0.3) is 0 Å². The zero-order valence-electron chi connectivity index (χ0n) is 10.3. The van der Waals surface area contributed by atoms with Crippen LogP contribution >= 0.6 is 12.2 Å². The lowest BCUT2D eigenvalue weighted by molar-refractivity contribution is 0.352. The molecule has 1 aliphatic rings. The van der Waals surface area contributed by atoms with Crippen LogP contribution in [0.15, 0.2) is 0 Å². The summed E-state index contributed by atoms with van der Waals surface area (Å²) in [4.78, 5) is 4.55. The normalized spacial score (nSPS) is 22.1. The monoisotopic (exact) mass is 229 g/mol. The van der Waals surface area contributed by atoms with Crippen molar-refractivity contribution in [3.05, 3.63) is 0 Å². The van der Waals surface area contributed by atoms with Crippen LogP contribution in [-0.2, 0) is 0 Å². The molecule has 4 heteroatoms. The first-order chi connectivity index (χ1) is 6.99. The minimum absolute atomic E-state index is 0.422. The van der Waals surface area contributed by atoms with Crippen LogP contribution < -0.4 is 5.32 Å². The third-order valence-corrected chi connectivity index (χ3v) is 3.21. The predicted molar refractivity (Wildman–Crippen MR) is 69.1 cm³/mol. The highest BCUT2D eigenvalue weighted by molar-refractivity contribution is 7.80. The molecule has 15 heavy (non-hydrogen) atoms. The first-order valence-corrected chi connectivity index (χ1v) is 6.10. The third-order valence-electron chi connectivity index (χ3n) is 2.78. The Morgan fingerprint density at radius 2 is 2.27 bits per heavy atom. The van der Waals surface area contributed by atoms with Gasteiger partial charge in [-0.15, -0.1) is 0 Å². The summed E-state index contributed by atoms with van der Waals surface area (Å²) in [5.41, 5.74) is 0. The van der Waals surface area contributed by atoms with Gasteiger partial charge in [0.2, 0.25) is 0 Å². The second-order valence-electron chi connectivity index (χ2n) is 4.90. The number of hydrogen-bond acceptors (Lipinski definition) is 2. The van der Waals surface area contributed by atoms with Crippen molar-refractivity contribution in [1.82, 2.24) is 15.1 Å². The Hall–Kier alpha value is -0.350. The molecule has 1 rings (SSSR count). The summed E-state index contributed by atoms with van der Waals surface area (Å²) in [5, 5.41) is 4.15. The van der Waals surface area contributed by atoms with E-state index in [0.29, 0.717) is 6.04 Å². The molecule has 0 aromatic carbocycles. The fraction of sp³-hybridized carbons (Fsp3) is 0.909. The lowest BCUT2D eigenvalue weighted by Gasteiger charge is -2.25. The molecule has 3 nitrogen and oxygen atoms in total. The Morgan fingerprint density at radius 3 is 2.73 bits per heavy atom. The number of rotatable bonds is 3. The molecule has 1 atom stereocenters. The first-order valence-electron chi connectivity index (χ1n) is 5.69. The molecule has 0 spiro atoms. The zero-order valence-corrected chi connectivity index (χ0v) is 11.1. The Kier molecular flexibility index (Phi) is 4.80. The molecule has 1 aliphatic heterocycles. The molecule has 0 aliphatic carbocycles. The van der Waals surface area contributed by atoms with Crippen molar-refractivity contribution in [1.29, 1.82) is 0 Å². The maximum Gasteiger partial charge on any atom is 0.168 e. The molecule has 0 radical (unpaired) electrons. The predicted octanol–water partition coefficient (Wildman–Crippen LogP) is 1.15. The highest BCUT2D eigenvalue weighted by Gasteiger charge is 2.21. The second-order valence-corrected chi connectivity index (χ2v) is 5.29. The zero-order chi connectivity index (χ0) is 11.4. The van der Waals surface area contributed by atoms with Gasteiger partial charge in [-0.3, -0.25) is 0 Å². The fourth-order valence-electron chi connectivity index (χ4n) is 2.00. The summed E-state index contributed by atoms with van der Waals surface area (Å²) in [5.74, 6) is 0.770. The highest BCUT2D eigenvalue weighted by Crippen LogP contribution is 2.15. The molecule has 88 valence electrons. The summed E-state index contributed by atoms with van der Waals surface area (Å²) >= 11 is 5.32. The standard InChI is InChI=1S/C11H23N3S/c1-9(2)12-11(15)14(4)8-10-5-6-13(3)7-10/h9-10H,5-8H2,1-4H3,(H,12,15). The van der Waals surface area contributed by atoms with Crippen LogP contribution in [0.3, 0.4) is 0 Å². The Bertz CT molecular complexity index is 218. The topological polar surface area (TPSA) is 18.5 Å². The van der Waals surface area contributed by atoms with E-state index in [4.69, 9.17) is 12.2 Å². The smallest absolute Gasteiger partial charge is 0.168 e. The van der Waals surface area contributed by atoms with Gasteiger partial charge in [-0.25, -0.2) is 0 Å². The van der Waals surface area contributed by atoms with Gasteiger partial charge in [0.1, 0.15) is 0 Å². The third kappa shape index (κ3) is 4.34. The second kappa shape index (κ2) is 5.66. The van der Waals surface area contributed by atoms with Gasteiger partial charge in [0.05, 0.1) is 0 Å². The Balaban J connectivity index is 2.28. The summed E-state index contributed by atoms with van der Waals surface area (Å²) in [6.07, 6.45) is 1.30. The quantitative estimate of drug-likeness (QED) is 0.732. The SMILES string of the molecule is CC(C)NC(=S)N(C)CC1CCN(C)C1. The number of nitrogens with zero attached hydrogens (tertiary/aromatic N) is 2. The molecule has 1 N–H and O–H groups in total. The number of likely N-dealkylation sites (tertiary alicyclic amines) is 1. The maximum atomic E-state index is 5.32. The van der Waals surface area contributed by atoms with Gasteiger partial charge in [-0.05, 0) is 52.0 Å². The van der Waals surface area contributed by atoms with Crippen molar-refractivity contribution in [3.63, 3.8) is 0 Å². The molecule has 1 saturated heterocycles. The molecule has 0 aromatic heterocycles. The van der Waals surface area contributed by atoms with Crippen LogP contribution in [0, 0.1) is 5.92 Å². The van der Waals surface area contributed by atoms with Gasteiger partial charge in [0.15, 0.2) is 5.11 Å². The molecule has 0 aromatic rings. The van der Waals surface area contributed by atoms with Gasteiger partial charge in [-0.2, -0.15) is 0 Å². The van der Waals surface area contributed by atoms with Gasteiger partial charge >= 0.3 is 0 Å². The Labute approximate surface area is 98.8 Å². The summed E-state index contributed by atoms with van der Waals surface area (Å²) in [6.45, 7) is 7.73. The van der Waals surface area contributed by atoms with E-state index in [2.05, 4.69) is 43.1 Å². The van der Waals surface area contributed by atoms with Crippen molar-refractivity contribution in [3.8, 4) is 0 Å². The number of hydrogen-bond donors (Lipinski definition) is 1. The molecular formula is C11H23N3S. The van der Waals surface area contributed by atoms with Crippen LogP contribution in [0.1, 0.15) is 20.3 Å². The number of nitrogens with one attached hydrogen (secondary N) is 1. The summed E-state index contributed by atoms with van der Waals surface area (Å²) in [7, 11) is 4.26. The van der Waals surface area contributed by atoms with Crippen LogP contribution in [0.4, 0.5) is 0 Å². The molecule has 0 saturated carbocycles. The minimum atomic E-state index is 0.422. The van der Waals surface area contributed by atoms with E-state index in [1.807, 2.05) is 0 Å². The highest BCUT2D eigenvalue weighted by atomic mass is 32.1. The first kappa shape index (κ1) is 12.7. The van der Waals surface area contributed by atoms with Crippen molar-refractivity contribution >= 4 is 17.3 Å². The lowest BCUT2D eigenvalue weighted by atomic mass is 10.1. The molecule has 0 bridgehead atoms. The van der Waals surface area contributed by atoms with Gasteiger partial charge < -0.3 is 15.1 Å². The van der Waals surface area contributed by atoms with Crippen molar-refractivity contribution in [2.45, 2.75) is 26.3 Å². The van der Waals surface area contributed by atoms with E-state index in [1.165, 1.54) is 19.5 Å². The van der Waals surface area contributed by atoms with E-state index < -0.39 is 0 Å². The summed E-state index contributed by atoms with van der Waals surface area (Å²) in [6, 6.07) is 0.422. The summed E-state index contributed by atoms with van der Waals surface area (Å²) < 4.78 is 0. The van der Waals surface area contributed by atoms with Gasteiger partial charge in [-0.1, -0.05) is 0 Å². The van der Waals surface area contributed by atoms with Crippen LogP contribution in [0.2, 0.25) is 0 Å². The minimum Gasteiger partial charge on any atom is -0.360 e. The van der Waals surface area contributed by atoms with E-state index in [1.54, 1.807) is 0 Å². The van der Waals surface area contributed by atoms with E-state index in [9.17, 15) is 0 Å². The van der Waals surface area contributed by atoms with Crippen molar-refractivity contribution < 1.29 is 0 Å². The van der Waals surface area contributed by atoms with E-state index in [0.717, 1.165) is 17.6 Å². The van der Waals surface area contributed by atoms with Gasteiger partial charge in [0.25, 0.3) is 0 Å². The van der Waals surface area contributed by atoms with E-state index in [-0.39, 0.29) is 0 Å². The lowest BCUT2D eigenvalue weighted by Crippen LogP contribution is -2.42. The molecule has 1 unspecified atom stereocenters. The largest absolute Gasteiger partial charge is 0.360 e.